The lowest BCUT2D eigenvalue weighted by atomic mass is 9.86. The van der Waals surface area contributed by atoms with Crippen LogP contribution in [0.2, 0.25) is 0 Å². The molecular weight excluding hydrogens is 152 g/mol. The van der Waals surface area contributed by atoms with E-state index in [0.717, 1.165) is 19.5 Å². The number of carbonyl (C=O) groups excluding carboxylic acids is 1. The highest BCUT2D eigenvalue weighted by molar-refractivity contribution is 5.48. The molecular formula is C9H16N2O. The molecule has 2 aliphatic rings. The van der Waals surface area contributed by atoms with E-state index in [0.29, 0.717) is 5.41 Å². The van der Waals surface area contributed by atoms with E-state index in [1.807, 2.05) is 4.90 Å². The Morgan fingerprint density at radius 2 is 2.00 bits per heavy atom. The Morgan fingerprint density at radius 3 is 2.50 bits per heavy atom. The summed E-state index contributed by atoms with van der Waals surface area (Å²) in [6, 6.07) is 0. The molecule has 0 aliphatic carbocycles. The average molecular weight is 168 g/mol. The zero-order valence-corrected chi connectivity index (χ0v) is 7.62. The van der Waals surface area contributed by atoms with Crippen LogP contribution in [-0.2, 0) is 4.79 Å². The fourth-order valence-corrected chi connectivity index (χ4v) is 2.55. The lowest BCUT2D eigenvalue weighted by molar-refractivity contribution is -0.117. The summed E-state index contributed by atoms with van der Waals surface area (Å²) in [5.74, 6) is 0. The van der Waals surface area contributed by atoms with Crippen molar-refractivity contribution in [3.05, 3.63) is 0 Å². The second-order valence-electron chi connectivity index (χ2n) is 4.31. The maximum atomic E-state index is 10.5. The molecule has 2 aliphatic heterocycles. The smallest absolute Gasteiger partial charge is 0.209 e. The molecule has 12 heavy (non-hydrogen) atoms. The second-order valence-corrected chi connectivity index (χ2v) is 4.31. The van der Waals surface area contributed by atoms with E-state index in [1.165, 1.54) is 25.9 Å². The van der Waals surface area contributed by atoms with Crippen molar-refractivity contribution in [2.45, 2.75) is 12.8 Å². The topological polar surface area (TPSA) is 23.6 Å². The van der Waals surface area contributed by atoms with Crippen molar-refractivity contribution < 1.29 is 4.79 Å². The van der Waals surface area contributed by atoms with Gasteiger partial charge in [0.2, 0.25) is 6.41 Å². The maximum Gasteiger partial charge on any atom is 0.209 e. The molecule has 0 aromatic rings. The van der Waals surface area contributed by atoms with E-state index in [-0.39, 0.29) is 0 Å². The molecule has 1 spiro atoms. The van der Waals surface area contributed by atoms with Gasteiger partial charge in [0.25, 0.3) is 0 Å². The number of nitrogens with zero attached hydrogens (tertiary/aromatic N) is 2. The van der Waals surface area contributed by atoms with E-state index in [4.69, 9.17) is 0 Å². The molecule has 1 amide bonds. The first kappa shape index (κ1) is 8.05. The van der Waals surface area contributed by atoms with Crippen LogP contribution in [-0.4, -0.2) is 49.4 Å². The van der Waals surface area contributed by atoms with Gasteiger partial charge in [-0.25, -0.2) is 0 Å². The lowest BCUT2D eigenvalue weighted by Crippen LogP contribution is -2.29. The van der Waals surface area contributed by atoms with Crippen LogP contribution in [0.4, 0.5) is 0 Å². The number of amides is 1. The number of likely N-dealkylation sites (tertiary alicyclic amines) is 2. The highest BCUT2D eigenvalue weighted by Crippen LogP contribution is 2.38. The predicted octanol–water partition coefficient (Wildman–Crippen LogP) is 0.170. The van der Waals surface area contributed by atoms with Gasteiger partial charge in [-0.15, -0.1) is 0 Å². The standard InChI is InChI=1S/C9H16N2O/c1-10-4-2-9(6-10)3-5-11(7-9)8-12/h8H,2-7H2,1H3. The van der Waals surface area contributed by atoms with E-state index in [1.54, 1.807) is 0 Å². The van der Waals surface area contributed by atoms with Crippen LogP contribution in [0, 0.1) is 5.41 Å². The molecule has 1 atom stereocenters. The summed E-state index contributed by atoms with van der Waals surface area (Å²) in [4.78, 5) is 14.8. The SMILES string of the molecule is CN1CCC2(CCN(C=O)C2)C1. The third-order valence-corrected chi connectivity index (χ3v) is 3.25. The zero-order chi connectivity index (χ0) is 8.60. The summed E-state index contributed by atoms with van der Waals surface area (Å²) in [6.45, 7) is 4.34. The average Bonchev–Trinajstić information content (AvgIpc) is 2.61. The van der Waals surface area contributed by atoms with Crippen LogP contribution in [0.1, 0.15) is 12.8 Å². The summed E-state index contributed by atoms with van der Waals surface area (Å²) in [6.07, 6.45) is 3.47. The Balaban J connectivity index is 2.01. The van der Waals surface area contributed by atoms with Crippen molar-refractivity contribution in [3.63, 3.8) is 0 Å². The summed E-state index contributed by atoms with van der Waals surface area (Å²) in [5.41, 5.74) is 0.454. The minimum Gasteiger partial charge on any atom is -0.345 e. The molecule has 1 unspecified atom stereocenters. The Kier molecular flexibility index (Phi) is 1.83. The Bertz CT molecular complexity index is 195. The van der Waals surface area contributed by atoms with Gasteiger partial charge in [-0.2, -0.15) is 0 Å². The summed E-state index contributed by atoms with van der Waals surface area (Å²) >= 11 is 0. The van der Waals surface area contributed by atoms with Crippen molar-refractivity contribution in [3.8, 4) is 0 Å². The van der Waals surface area contributed by atoms with Crippen molar-refractivity contribution in [2.75, 3.05) is 33.2 Å². The molecule has 0 bridgehead atoms. The monoisotopic (exact) mass is 168 g/mol. The Morgan fingerprint density at radius 1 is 1.25 bits per heavy atom. The molecule has 0 N–H and O–H groups in total. The number of hydrogen-bond donors (Lipinski definition) is 0. The van der Waals surface area contributed by atoms with E-state index in [9.17, 15) is 4.79 Å². The van der Waals surface area contributed by atoms with Crippen LogP contribution < -0.4 is 0 Å². The van der Waals surface area contributed by atoms with E-state index in [2.05, 4.69) is 11.9 Å². The normalized spacial score (nSPS) is 36.6. The van der Waals surface area contributed by atoms with Gasteiger partial charge >= 0.3 is 0 Å². The molecule has 2 heterocycles. The molecule has 0 aromatic carbocycles. The second kappa shape index (κ2) is 2.73. The fraction of sp³-hybridized carbons (Fsp3) is 0.889. The van der Waals surface area contributed by atoms with Crippen molar-refractivity contribution in [1.29, 1.82) is 0 Å². The highest BCUT2D eigenvalue weighted by atomic mass is 16.1. The number of rotatable bonds is 1. The van der Waals surface area contributed by atoms with Gasteiger partial charge in [-0.05, 0) is 26.4 Å². The minimum absolute atomic E-state index is 0.454. The van der Waals surface area contributed by atoms with Crippen molar-refractivity contribution in [2.24, 2.45) is 5.41 Å². The van der Waals surface area contributed by atoms with Crippen LogP contribution in [0.15, 0.2) is 0 Å². The van der Waals surface area contributed by atoms with Gasteiger partial charge in [0.05, 0.1) is 0 Å². The van der Waals surface area contributed by atoms with E-state index < -0.39 is 0 Å². The molecule has 0 saturated carbocycles. The fourth-order valence-electron chi connectivity index (χ4n) is 2.55. The first-order chi connectivity index (χ1) is 5.74. The largest absolute Gasteiger partial charge is 0.345 e. The van der Waals surface area contributed by atoms with Crippen LogP contribution in [0.3, 0.4) is 0 Å². The predicted molar refractivity (Wildman–Crippen MR) is 46.8 cm³/mol. The van der Waals surface area contributed by atoms with Crippen LogP contribution in [0.25, 0.3) is 0 Å². The first-order valence-electron chi connectivity index (χ1n) is 4.62. The number of carbonyl (C=O) groups is 1. The third-order valence-electron chi connectivity index (χ3n) is 3.25. The van der Waals surface area contributed by atoms with Gasteiger partial charge in [-0.3, -0.25) is 4.79 Å². The van der Waals surface area contributed by atoms with Crippen molar-refractivity contribution in [1.82, 2.24) is 9.80 Å². The first-order valence-corrected chi connectivity index (χ1v) is 4.62. The molecule has 68 valence electrons. The highest BCUT2D eigenvalue weighted by Gasteiger charge is 2.41. The van der Waals surface area contributed by atoms with Gasteiger partial charge in [-0.1, -0.05) is 0 Å². The summed E-state index contributed by atoms with van der Waals surface area (Å²) in [7, 11) is 2.16. The van der Waals surface area contributed by atoms with Gasteiger partial charge < -0.3 is 9.80 Å². The Hall–Kier alpha value is -0.570. The molecule has 2 fully saturated rings. The summed E-state index contributed by atoms with van der Waals surface area (Å²) in [5, 5.41) is 0. The van der Waals surface area contributed by atoms with Gasteiger partial charge in [0, 0.05) is 25.0 Å². The molecule has 2 rings (SSSR count). The van der Waals surface area contributed by atoms with Crippen LogP contribution >= 0.6 is 0 Å². The molecule has 0 aromatic heterocycles. The van der Waals surface area contributed by atoms with Crippen molar-refractivity contribution >= 4 is 6.41 Å². The minimum atomic E-state index is 0.454. The van der Waals surface area contributed by atoms with E-state index >= 15 is 0 Å². The Labute approximate surface area is 73.3 Å². The molecule has 3 nitrogen and oxygen atoms in total. The zero-order valence-electron chi connectivity index (χ0n) is 7.62. The van der Waals surface area contributed by atoms with Crippen LogP contribution in [0.5, 0.6) is 0 Å². The quantitative estimate of drug-likeness (QED) is 0.521. The van der Waals surface area contributed by atoms with Gasteiger partial charge in [0.1, 0.15) is 0 Å². The third kappa shape index (κ3) is 1.22. The molecule has 2 saturated heterocycles. The number of hydrogen-bond acceptors (Lipinski definition) is 2. The summed E-state index contributed by atoms with van der Waals surface area (Å²) < 4.78 is 0. The molecule has 0 radical (unpaired) electrons. The lowest BCUT2D eigenvalue weighted by Gasteiger charge is -2.21. The maximum absolute atomic E-state index is 10.5. The molecule has 3 heteroatoms. The van der Waals surface area contributed by atoms with Gasteiger partial charge in [0.15, 0.2) is 0 Å².